The van der Waals surface area contributed by atoms with Crippen molar-refractivity contribution < 1.29 is 9.90 Å². The summed E-state index contributed by atoms with van der Waals surface area (Å²) >= 11 is 0. The summed E-state index contributed by atoms with van der Waals surface area (Å²) in [5, 5.41) is 8.89. The summed E-state index contributed by atoms with van der Waals surface area (Å²) < 4.78 is 0. The number of hydrogen-bond donors (Lipinski definition) is 1. The molecule has 0 aliphatic rings. The first-order chi connectivity index (χ1) is 15.1. The highest BCUT2D eigenvalue weighted by Crippen LogP contribution is 2.14. The van der Waals surface area contributed by atoms with E-state index < -0.39 is 0 Å². The first kappa shape index (κ1) is 30.1. The van der Waals surface area contributed by atoms with Crippen molar-refractivity contribution in [3.63, 3.8) is 0 Å². The van der Waals surface area contributed by atoms with Gasteiger partial charge in [0, 0.05) is 6.42 Å². The van der Waals surface area contributed by atoms with E-state index >= 15 is 0 Å². The van der Waals surface area contributed by atoms with Crippen LogP contribution in [0.3, 0.4) is 0 Å². The maximum absolute atomic E-state index is 12.3. The van der Waals surface area contributed by atoms with Crippen molar-refractivity contribution in [2.24, 2.45) is 0 Å². The van der Waals surface area contributed by atoms with E-state index in [0.717, 1.165) is 56.9 Å². The van der Waals surface area contributed by atoms with Crippen LogP contribution in [-0.4, -0.2) is 17.5 Å². The molecule has 32 heavy (non-hydrogen) atoms. The Labute approximate surface area is 198 Å². The highest BCUT2D eigenvalue weighted by molar-refractivity contribution is 5.91. The smallest absolute Gasteiger partial charge is 0.159 e. The predicted octanol–water partition coefficient (Wildman–Crippen LogP) is 8.76. The summed E-state index contributed by atoms with van der Waals surface area (Å²) in [6, 6.07) is 0. The molecular formula is C30H48O2. The molecular weight excluding hydrogens is 392 g/mol. The fraction of sp³-hybridized carbons (Fsp3) is 0.567. The number of ketones is 1. The molecule has 0 unspecified atom stereocenters. The van der Waals surface area contributed by atoms with Gasteiger partial charge in [0.05, 0.1) is 6.61 Å². The molecule has 0 saturated carbocycles. The van der Waals surface area contributed by atoms with E-state index in [1.54, 1.807) is 0 Å². The molecule has 0 saturated heterocycles. The Morgan fingerprint density at radius 1 is 0.562 bits per heavy atom. The molecule has 0 rings (SSSR count). The molecule has 0 amide bonds. The Balaban J connectivity index is 4.31. The van der Waals surface area contributed by atoms with Crippen LogP contribution in [0, 0.1) is 0 Å². The Kier molecular flexibility index (Phi) is 17.5. The van der Waals surface area contributed by atoms with Crippen LogP contribution in [0.15, 0.2) is 69.9 Å². The van der Waals surface area contributed by atoms with Gasteiger partial charge < -0.3 is 5.11 Å². The number of hydrogen-bond acceptors (Lipinski definition) is 2. The van der Waals surface area contributed by atoms with Crippen LogP contribution in [0.1, 0.15) is 106 Å². The summed E-state index contributed by atoms with van der Waals surface area (Å²) in [5.74, 6) is 0.207. The molecule has 0 aliphatic heterocycles. The molecule has 0 atom stereocenters. The number of aliphatic hydroxyl groups excluding tert-OH is 1. The van der Waals surface area contributed by atoms with Crippen LogP contribution < -0.4 is 0 Å². The number of carbonyl (C=O) groups is 1. The Bertz CT molecular complexity index is 735. The molecule has 0 aliphatic carbocycles. The van der Waals surface area contributed by atoms with E-state index in [9.17, 15) is 4.79 Å². The monoisotopic (exact) mass is 440 g/mol. The summed E-state index contributed by atoms with van der Waals surface area (Å²) in [6.45, 7) is 15.0. The lowest BCUT2D eigenvalue weighted by molar-refractivity contribution is -0.114. The van der Waals surface area contributed by atoms with Crippen molar-refractivity contribution in [1.82, 2.24) is 0 Å². The van der Waals surface area contributed by atoms with E-state index in [2.05, 4.69) is 72.8 Å². The number of carbonyl (C=O) groups excluding carboxylic acids is 1. The van der Waals surface area contributed by atoms with Gasteiger partial charge in [-0.05, 0) is 106 Å². The molecule has 0 radical (unpaired) electrons. The van der Waals surface area contributed by atoms with Crippen LogP contribution in [0.25, 0.3) is 0 Å². The largest absolute Gasteiger partial charge is 0.392 e. The van der Waals surface area contributed by atoms with E-state index in [-0.39, 0.29) is 12.4 Å². The predicted molar refractivity (Wildman–Crippen MR) is 142 cm³/mol. The molecule has 2 nitrogen and oxygen atoms in total. The van der Waals surface area contributed by atoms with Gasteiger partial charge in [-0.2, -0.15) is 0 Å². The van der Waals surface area contributed by atoms with Gasteiger partial charge in [0.25, 0.3) is 0 Å². The van der Waals surface area contributed by atoms with Gasteiger partial charge in [0.15, 0.2) is 5.78 Å². The normalized spacial score (nSPS) is 14.1. The van der Waals surface area contributed by atoms with E-state index in [0.29, 0.717) is 6.42 Å². The average molecular weight is 441 g/mol. The van der Waals surface area contributed by atoms with Gasteiger partial charge in [-0.25, -0.2) is 0 Å². The van der Waals surface area contributed by atoms with Crippen LogP contribution >= 0.6 is 0 Å². The number of rotatable bonds is 16. The Morgan fingerprint density at radius 3 is 1.44 bits per heavy atom. The Morgan fingerprint density at radius 2 is 0.969 bits per heavy atom. The maximum Gasteiger partial charge on any atom is 0.159 e. The Hall–Kier alpha value is -1.93. The van der Waals surface area contributed by atoms with Crippen LogP contribution in [0.2, 0.25) is 0 Å². The quantitative estimate of drug-likeness (QED) is 0.192. The minimum atomic E-state index is 0.125. The van der Waals surface area contributed by atoms with E-state index in [1.807, 2.05) is 12.2 Å². The fourth-order valence-electron chi connectivity index (χ4n) is 3.43. The summed E-state index contributed by atoms with van der Waals surface area (Å²) in [5.41, 5.74) is 7.76. The minimum Gasteiger partial charge on any atom is -0.392 e. The molecule has 0 bridgehead atoms. The van der Waals surface area contributed by atoms with Crippen molar-refractivity contribution in [2.75, 3.05) is 6.61 Å². The highest BCUT2D eigenvalue weighted by Gasteiger charge is 2.01. The summed E-state index contributed by atoms with van der Waals surface area (Å²) in [7, 11) is 0. The molecule has 1 N–H and O–H groups in total. The van der Waals surface area contributed by atoms with Crippen molar-refractivity contribution >= 4 is 5.78 Å². The lowest BCUT2D eigenvalue weighted by atomic mass is 10.0. The maximum atomic E-state index is 12.3. The number of aliphatic hydroxyl groups is 1. The molecule has 0 spiro atoms. The van der Waals surface area contributed by atoms with Crippen molar-refractivity contribution in [1.29, 1.82) is 0 Å². The van der Waals surface area contributed by atoms with Crippen LogP contribution in [-0.2, 0) is 4.79 Å². The molecule has 0 aromatic carbocycles. The zero-order chi connectivity index (χ0) is 24.4. The SMILES string of the molecule is CC(C)=CCCC(C)=CCCC(C)=CC(=O)CC(C)=CCCC(C)=CCCC(C)=CCO. The molecule has 0 heterocycles. The second kappa shape index (κ2) is 18.6. The highest BCUT2D eigenvalue weighted by atomic mass is 16.2. The molecule has 0 aromatic heterocycles. The number of allylic oxidation sites excluding steroid dienone is 11. The van der Waals surface area contributed by atoms with Gasteiger partial charge in [-0.3, -0.25) is 4.79 Å². The zero-order valence-corrected chi connectivity index (χ0v) is 21.9. The van der Waals surface area contributed by atoms with Gasteiger partial charge in [0.1, 0.15) is 0 Å². The molecule has 0 fully saturated rings. The van der Waals surface area contributed by atoms with Crippen molar-refractivity contribution in [2.45, 2.75) is 106 Å². The second-order valence-corrected chi connectivity index (χ2v) is 9.45. The average Bonchev–Trinajstić information content (AvgIpc) is 2.67. The second-order valence-electron chi connectivity index (χ2n) is 9.45. The fourth-order valence-corrected chi connectivity index (χ4v) is 3.43. The lowest BCUT2D eigenvalue weighted by Crippen LogP contribution is -1.95. The lowest BCUT2D eigenvalue weighted by Gasteiger charge is -2.03. The molecule has 0 aromatic rings. The third kappa shape index (κ3) is 18.8. The summed E-state index contributed by atoms with van der Waals surface area (Å²) in [6.07, 6.45) is 21.5. The van der Waals surface area contributed by atoms with Gasteiger partial charge >= 0.3 is 0 Å². The standard InChI is InChI=1S/C30H48O2/c1-24(2)12-8-13-25(3)15-10-18-28(6)22-30(32)23-29(7)19-11-16-26(4)14-9-17-27(5)20-21-31/h12,14-15,19-20,22,31H,8-11,13,16-18,21,23H2,1-7H3. The minimum absolute atomic E-state index is 0.125. The van der Waals surface area contributed by atoms with Gasteiger partial charge in [-0.1, -0.05) is 63.8 Å². The van der Waals surface area contributed by atoms with Crippen molar-refractivity contribution in [3.05, 3.63) is 69.9 Å². The molecule has 2 heteroatoms. The zero-order valence-electron chi connectivity index (χ0n) is 21.9. The topological polar surface area (TPSA) is 37.3 Å². The van der Waals surface area contributed by atoms with E-state index in [4.69, 9.17) is 5.11 Å². The van der Waals surface area contributed by atoms with Crippen LogP contribution in [0.4, 0.5) is 0 Å². The first-order valence-corrected chi connectivity index (χ1v) is 12.2. The van der Waals surface area contributed by atoms with Gasteiger partial charge in [-0.15, -0.1) is 0 Å². The first-order valence-electron chi connectivity index (χ1n) is 12.2. The van der Waals surface area contributed by atoms with E-state index in [1.165, 1.54) is 27.9 Å². The third-order valence-corrected chi connectivity index (χ3v) is 5.49. The van der Waals surface area contributed by atoms with Crippen LogP contribution in [0.5, 0.6) is 0 Å². The summed E-state index contributed by atoms with van der Waals surface area (Å²) in [4.78, 5) is 12.3. The van der Waals surface area contributed by atoms with Crippen molar-refractivity contribution in [3.8, 4) is 0 Å². The third-order valence-electron chi connectivity index (χ3n) is 5.49. The van der Waals surface area contributed by atoms with Gasteiger partial charge in [0.2, 0.25) is 0 Å². The molecule has 180 valence electrons.